The van der Waals surface area contributed by atoms with Crippen LogP contribution in [-0.4, -0.2) is 18.5 Å². The molecule has 0 bridgehead atoms. The van der Waals surface area contributed by atoms with Crippen LogP contribution in [0, 0.1) is 17.6 Å². The topological polar surface area (TPSA) is 55.4 Å². The minimum Gasteiger partial charge on any atom is -0.456 e. The SMILES string of the molecule is O=C(COC(=O)C[C@@H]1C=CCC1)Nc1ccc(F)c(F)c1. The minimum absolute atomic E-state index is 0.105. The van der Waals surface area contributed by atoms with E-state index >= 15 is 0 Å². The Morgan fingerprint density at radius 1 is 1.29 bits per heavy atom. The van der Waals surface area contributed by atoms with Gasteiger partial charge in [-0.15, -0.1) is 0 Å². The molecule has 1 atom stereocenters. The van der Waals surface area contributed by atoms with Gasteiger partial charge in [0.25, 0.3) is 5.91 Å². The smallest absolute Gasteiger partial charge is 0.306 e. The molecule has 1 amide bonds. The molecule has 1 N–H and O–H groups in total. The second kappa shape index (κ2) is 6.97. The number of nitrogens with one attached hydrogen (secondary N) is 1. The molecule has 0 saturated carbocycles. The van der Waals surface area contributed by atoms with E-state index in [2.05, 4.69) is 5.32 Å². The van der Waals surface area contributed by atoms with Gasteiger partial charge >= 0.3 is 5.97 Å². The molecule has 0 aliphatic heterocycles. The summed E-state index contributed by atoms with van der Waals surface area (Å²) in [6.07, 6.45) is 6.08. The van der Waals surface area contributed by atoms with Crippen LogP contribution in [0.25, 0.3) is 0 Å². The molecule has 21 heavy (non-hydrogen) atoms. The maximum atomic E-state index is 13.0. The van der Waals surface area contributed by atoms with Crippen molar-refractivity contribution in [2.75, 3.05) is 11.9 Å². The molecule has 0 radical (unpaired) electrons. The summed E-state index contributed by atoms with van der Waals surface area (Å²) in [6, 6.07) is 2.99. The number of carbonyl (C=O) groups excluding carboxylic acids is 2. The third kappa shape index (κ3) is 4.66. The van der Waals surface area contributed by atoms with Crippen LogP contribution < -0.4 is 5.32 Å². The van der Waals surface area contributed by atoms with Gasteiger partial charge in [-0.25, -0.2) is 8.78 Å². The molecule has 0 spiro atoms. The first-order chi connectivity index (χ1) is 10.0. The Kier molecular flexibility index (Phi) is 5.03. The average Bonchev–Trinajstić information content (AvgIpc) is 2.93. The van der Waals surface area contributed by atoms with Crippen LogP contribution in [0.1, 0.15) is 19.3 Å². The summed E-state index contributed by atoms with van der Waals surface area (Å²) in [7, 11) is 0. The van der Waals surface area contributed by atoms with Crippen LogP contribution in [0.4, 0.5) is 14.5 Å². The Hall–Kier alpha value is -2.24. The summed E-state index contributed by atoms with van der Waals surface area (Å²) in [5.41, 5.74) is 0.105. The lowest BCUT2D eigenvalue weighted by molar-refractivity contribution is -0.147. The molecule has 1 aliphatic rings. The predicted molar refractivity (Wildman–Crippen MR) is 72.4 cm³/mol. The lowest BCUT2D eigenvalue weighted by Crippen LogP contribution is -2.21. The Labute approximate surface area is 120 Å². The number of carbonyl (C=O) groups is 2. The molecule has 1 aromatic rings. The third-order valence-corrected chi connectivity index (χ3v) is 3.11. The number of benzene rings is 1. The molecule has 0 heterocycles. The van der Waals surface area contributed by atoms with Crippen molar-refractivity contribution in [1.82, 2.24) is 0 Å². The van der Waals surface area contributed by atoms with Gasteiger partial charge in [-0.05, 0) is 30.9 Å². The molecule has 4 nitrogen and oxygen atoms in total. The van der Waals surface area contributed by atoms with Gasteiger partial charge in [0.15, 0.2) is 18.2 Å². The van der Waals surface area contributed by atoms with E-state index in [1.807, 2.05) is 12.2 Å². The average molecular weight is 295 g/mol. The second-order valence-electron chi connectivity index (χ2n) is 4.81. The molecule has 0 aromatic heterocycles. The van der Waals surface area contributed by atoms with E-state index in [0.717, 1.165) is 25.0 Å². The monoisotopic (exact) mass is 295 g/mol. The highest BCUT2D eigenvalue weighted by Crippen LogP contribution is 2.20. The minimum atomic E-state index is -1.06. The number of halogens is 2. The summed E-state index contributed by atoms with van der Waals surface area (Å²) >= 11 is 0. The van der Waals surface area contributed by atoms with Gasteiger partial charge < -0.3 is 10.1 Å². The van der Waals surface area contributed by atoms with Crippen molar-refractivity contribution < 1.29 is 23.1 Å². The zero-order valence-electron chi connectivity index (χ0n) is 11.3. The van der Waals surface area contributed by atoms with Crippen molar-refractivity contribution in [2.24, 2.45) is 5.92 Å². The number of ether oxygens (including phenoxy) is 1. The first-order valence-electron chi connectivity index (χ1n) is 6.62. The Balaban J connectivity index is 1.75. The highest BCUT2D eigenvalue weighted by molar-refractivity contribution is 5.92. The van der Waals surface area contributed by atoms with Crippen LogP contribution >= 0.6 is 0 Å². The van der Waals surface area contributed by atoms with Gasteiger partial charge in [-0.3, -0.25) is 9.59 Å². The number of amides is 1. The summed E-state index contributed by atoms with van der Waals surface area (Å²) in [6.45, 7) is -0.450. The molecular weight excluding hydrogens is 280 g/mol. The van der Waals surface area contributed by atoms with E-state index in [0.29, 0.717) is 0 Å². The zero-order valence-corrected chi connectivity index (χ0v) is 11.3. The fourth-order valence-electron chi connectivity index (χ4n) is 2.06. The second-order valence-corrected chi connectivity index (χ2v) is 4.81. The van der Waals surface area contributed by atoms with Crippen molar-refractivity contribution in [3.05, 3.63) is 42.0 Å². The van der Waals surface area contributed by atoms with Crippen molar-refractivity contribution in [3.63, 3.8) is 0 Å². The molecule has 6 heteroatoms. The molecule has 0 unspecified atom stereocenters. The summed E-state index contributed by atoms with van der Waals surface area (Å²) in [5, 5.41) is 2.32. The maximum absolute atomic E-state index is 13.0. The van der Waals surface area contributed by atoms with Gasteiger partial charge in [-0.2, -0.15) is 0 Å². The Morgan fingerprint density at radius 3 is 2.76 bits per heavy atom. The van der Waals surface area contributed by atoms with E-state index in [1.54, 1.807) is 0 Å². The van der Waals surface area contributed by atoms with Crippen LogP contribution in [0.3, 0.4) is 0 Å². The Bertz CT molecular complexity index is 572. The molecule has 0 saturated heterocycles. The van der Waals surface area contributed by atoms with Crippen LogP contribution in [0.2, 0.25) is 0 Å². The molecule has 0 fully saturated rings. The normalized spacial score (nSPS) is 16.8. The summed E-state index contributed by atoms with van der Waals surface area (Å²) in [4.78, 5) is 23.0. The number of rotatable bonds is 5. The van der Waals surface area contributed by atoms with Crippen LogP contribution in [-0.2, 0) is 14.3 Å². The fraction of sp³-hybridized carbons (Fsp3) is 0.333. The van der Waals surface area contributed by atoms with Gasteiger partial charge in [0.1, 0.15) is 0 Å². The van der Waals surface area contributed by atoms with Crippen LogP contribution in [0.15, 0.2) is 30.4 Å². The molecule has 2 rings (SSSR count). The third-order valence-electron chi connectivity index (χ3n) is 3.11. The number of esters is 1. The van der Waals surface area contributed by atoms with Gasteiger partial charge in [0.05, 0.1) is 6.42 Å². The largest absolute Gasteiger partial charge is 0.456 e. The quantitative estimate of drug-likeness (QED) is 0.671. The standard InChI is InChI=1S/C15H15F2NO3/c16-12-6-5-11(8-13(12)17)18-14(19)9-21-15(20)7-10-3-1-2-4-10/h1,3,5-6,8,10H,2,4,7,9H2,(H,18,19)/t10-/m1/s1. The number of hydrogen-bond donors (Lipinski definition) is 1. The lowest BCUT2D eigenvalue weighted by Gasteiger charge is -2.09. The van der Waals surface area contributed by atoms with Crippen molar-refractivity contribution in [1.29, 1.82) is 0 Å². The lowest BCUT2D eigenvalue weighted by atomic mass is 10.1. The van der Waals surface area contributed by atoms with Gasteiger partial charge in [0.2, 0.25) is 0 Å². The molecule has 112 valence electrons. The van der Waals surface area contributed by atoms with Gasteiger partial charge in [-0.1, -0.05) is 12.2 Å². The predicted octanol–water partition coefficient (Wildman–Crippen LogP) is 2.80. The zero-order chi connectivity index (χ0) is 15.2. The number of hydrogen-bond acceptors (Lipinski definition) is 3. The molecular formula is C15H15F2NO3. The summed E-state index contributed by atoms with van der Waals surface area (Å²) in [5.74, 6) is -2.93. The van der Waals surface area contributed by atoms with Crippen molar-refractivity contribution in [2.45, 2.75) is 19.3 Å². The molecule has 1 aromatic carbocycles. The van der Waals surface area contributed by atoms with E-state index in [1.165, 1.54) is 6.07 Å². The highest BCUT2D eigenvalue weighted by Gasteiger charge is 2.16. The van der Waals surface area contributed by atoms with E-state index in [9.17, 15) is 18.4 Å². The fourth-order valence-corrected chi connectivity index (χ4v) is 2.06. The Morgan fingerprint density at radius 2 is 2.10 bits per heavy atom. The van der Waals surface area contributed by atoms with Gasteiger partial charge in [0, 0.05) is 11.8 Å². The van der Waals surface area contributed by atoms with Crippen LogP contribution in [0.5, 0.6) is 0 Å². The highest BCUT2D eigenvalue weighted by atomic mass is 19.2. The van der Waals surface area contributed by atoms with E-state index in [4.69, 9.17) is 4.74 Å². The van der Waals surface area contributed by atoms with Crippen molar-refractivity contribution in [3.8, 4) is 0 Å². The number of anilines is 1. The van der Waals surface area contributed by atoms with Crippen molar-refractivity contribution >= 4 is 17.6 Å². The van der Waals surface area contributed by atoms with E-state index in [-0.39, 0.29) is 18.0 Å². The maximum Gasteiger partial charge on any atom is 0.306 e. The molecule has 1 aliphatic carbocycles. The first kappa shape index (κ1) is 15.2. The summed E-state index contributed by atoms with van der Waals surface area (Å²) < 4.78 is 30.5. The number of allylic oxidation sites excluding steroid dienone is 2. The van der Waals surface area contributed by atoms with E-state index < -0.39 is 30.1 Å². The first-order valence-corrected chi connectivity index (χ1v) is 6.62.